The van der Waals surface area contributed by atoms with Gasteiger partial charge in [-0.2, -0.15) is 13.2 Å². The summed E-state index contributed by atoms with van der Waals surface area (Å²) in [7, 11) is 0. The van der Waals surface area contributed by atoms with Crippen LogP contribution in [-0.4, -0.2) is 46.4 Å². The van der Waals surface area contributed by atoms with Gasteiger partial charge < -0.3 is 9.80 Å². The molecule has 1 aliphatic heterocycles. The smallest absolute Gasteiger partial charge is 0.368 e. The van der Waals surface area contributed by atoms with Crippen LogP contribution in [0.5, 0.6) is 0 Å². The number of imidazole rings is 1. The van der Waals surface area contributed by atoms with Crippen LogP contribution in [0.1, 0.15) is 40.4 Å². The number of carbonyl (C=O) groups excluding carboxylic acids is 1. The number of amides is 1. The molecule has 1 saturated carbocycles. The third-order valence-electron chi connectivity index (χ3n) is 6.07. The second kappa shape index (κ2) is 7.86. The molecular weight excluding hydrogens is 467 g/mol. The van der Waals surface area contributed by atoms with Gasteiger partial charge >= 0.3 is 6.18 Å². The summed E-state index contributed by atoms with van der Waals surface area (Å²) in [5.41, 5.74) is -0.560. The highest BCUT2D eigenvalue weighted by molar-refractivity contribution is 6.33. The summed E-state index contributed by atoms with van der Waals surface area (Å²) in [6.07, 6.45) is -1.50. The molecule has 3 aromatic rings. The lowest BCUT2D eigenvalue weighted by molar-refractivity contribution is -0.136. The van der Waals surface area contributed by atoms with E-state index in [-0.39, 0.29) is 29.9 Å². The average molecular weight is 485 g/mol. The number of piperazine rings is 1. The van der Waals surface area contributed by atoms with Crippen molar-refractivity contribution >= 4 is 28.8 Å². The molecule has 1 amide bonds. The first-order valence-corrected chi connectivity index (χ1v) is 10.8. The zero-order valence-electron chi connectivity index (χ0n) is 17.2. The Hall–Kier alpha value is -2.88. The Labute approximate surface area is 190 Å². The van der Waals surface area contributed by atoms with Crippen molar-refractivity contribution in [1.82, 2.24) is 14.3 Å². The number of pyridine rings is 1. The summed E-state index contributed by atoms with van der Waals surface area (Å²) >= 11 is 6.35. The van der Waals surface area contributed by atoms with Crippen molar-refractivity contribution in [2.45, 2.75) is 24.9 Å². The molecule has 1 aromatic carbocycles. The number of fused-ring (bicyclic) bond motifs is 1. The maximum absolute atomic E-state index is 13.7. The number of hydrogen-bond acceptors (Lipinski definition) is 3. The van der Waals surface area contributed by atoms with Gasteiger partial charge in [-0.25, -0.2) is 13.8 Å². The fourth-order valence-corrected chi connectivity index (χ4v) is 4.37. The van der Waals surface area contributed by atoms with Gasteiger partial charge in [0.1, 0.15) is 5.15 Å². The molecule has 0 unspecified atom stereocenters. The van der Waals surface area contributed by atoms with Crippen LogP contribution < -0.4 is 4.90 Å². The predicted octanol–water partition coefficient (Wildman–Crippen LogP) is 5.12. The molecule has 2 fully saturated rings. The van der Waals surface area contributed by atoms with Crippen molar-refractivity contribution in [3.05, 3.63) is 64.1 Å². The minimum absolute atomic E-state index is 0.0532. The molecule has 2 aromatic heterocycles. The van der Waals surface area contributed by atoms with Crippen LogP contribution in [0, 0.1) is 11.6 Å². The van der Waals surface area contributed by atoms with Crippen molar-refractivity contribution in [3.8, 4) is 0 Å². The van der Waals surface area contributed by atoms with Gasteiger partial charge in [-0.3, -0.25) is 9.20 Å². The minimum Gasteiger partial charge on any atom is -0.368 e. The molecule has 0 radical (unpaired) electrons. The summed E-state index contributed by atoms with van der Waals surface area (Å²) in [6.45, 7) is 1.12. The van der Waals surface area contributed by atoms with E-state index in [1.54, 1.807) is 4.90 Å². The normalized spacial score (nSPS) is 17.2. The van der Waals surface area contributed by atoms with E-state index in [0.29, 0.717) is 24.3 Å². The average Bonchev–Trinajstić information content (AvgIpc) is 3.58. The summed E-state index contributed by atoms with van der Waals surface area (Å²) in [5, 5.41) is -0.161. The first-order chi connectivity index (χ1) is 15.6. The Morgan fingerprint density at radius 3 is 2.33 bits per heavy atom. The third kappa shape index (κ3) is 4.01. The lowest BCUT2D eigenvalue weighted by Crippen LogP contribution is -2.49. The maximum Gasteiger partial charge on any atom is 0.419 e. The van der Waals surface area contributed by atoms with Gasteiger partial charge in [0, 0.05) is 44.1 Å². The fourth-order valence-electron chi connectivity index (χ4n) is 4.12. The van der Waals surface area contributed by atoms with Crippen LogP contribution in [0.3, 0.4) is 0 Å². The number of rotatable bonds is 3. The molecule has 2 aliphatic rings. The molecule has 0 bridgehead atoms. The Kier molecular flexibility index (Phi) is 5.23. The van der Waals surface area contributed by atoms with Crippen LogP contribution in [0.25, 0.3) is 5.65 Å². The van der Waals surface area contributed by atoms with E-state index < -0.39 is 34.9 Å². The van der Waals surface area contributed by atoms with Crippen molar-refractivity contribution in [1.29, 1.82) is 0 Å². The van der Waals surface area contributed by atoms with Gasteiger partial charge in [-0.05, 0) is 42.5 Å². The number of nitrogens with zero attached hydrogens (tertiary/aromatic N) is 4. The Bertz CT molecular complexity index is 1250. The first kappa shape index (κ1) is 21.9. The Morgan fingerprint density at radius 2 is 1.73 bits per heavy atom. The number of carbonyl (C=O) groups is 1. The summed E-state index contributed by atoms with van der Waals surface area (Å²) in [6, 6.07) is 4.66. The van der Waals surface area contributed by atoms with E-state index in [1.807, 2.05) is 0 Å². The highest BCUT2D eigenvalue weighted by atomic mass is 35.5. The van der Waals surface area contributed by atoms with Crippen LogP contribution in [0.15, 0.2) is 30.5 Å². The van der Waals surface area contributed by atoms with Gasteiger partial charge in [-0.15, -0.1) is 0 Å². The first-order valence-electron chi connectivity index (χ1n) is 10.4. The van der Waals surface area contributed by atoms with Gasteiger partial charge in [0.15, 0.2) is 23.0 Å². The van der Waals surface area contributed by atoms with Crippen LogP contribution in [-0.2, 0) is 6.18 Å². The minimum atomic E-state index is -4.64. The van der Waals surface area contributed by atoms with Crippen LogP contribution in [0.2, 0.25) is 5.15 Å². The molecular formula is C22H18ClF5N4O. The van der Waals surface area contributed by atoms with E-state index >= 15 is 0 Å². The van der Waals surface area contributed by atoms with Gasteiger partial charge in [0.2, 0.25) is 0 Å². The van der Waals surface area contributed by atoms with E-state index in [1.165, 1.54) is 17.2 Å². The monoisotopic (exact) mass is 484 g/mol. The van der Waals surface area contributed by atoms with Crippen molar-refractivity contribution in [2.75, 3.05) is 31.1 Å². The third-order valence-corrected chi connectivity index (χ3v) is 6.44. The van der Waals surface area contributed by atoms with Crippen LogP contribution >= 0.6 is 11.6 Å². The zero-order valence-corrected chi connectivity index (χ0v) is 17.9. The molecule has 11 heteroatoms. The van der Waals surface area contributed by atoms with Gasteiger partial charge in [0.25, 0.3) is 5.91 Å². The largest absolute Gasteiger partial charge is 0.419 e. The maximum atomic E-state index is 13.7. The summed E-state index contributed by atoms with van der Waals surface area (Å²) in [5.74, 6) is -2.43. The lowest BCUT2D eigenvalue weighted by atomic mass is 10.1. The summed E-state index contributed by atoms with van der Waals surface area (Å²) < 4.78 is 68.9. The molecule has 3 heterocycles. The Morgan fingerprint density at radius 1 is 1.03 bits per heavy atom. The van der Waals surface area contributed by atoms with E-state index in [9.17, 15) is 26.7 Å². The molecule has 1 saturated heterocycles. The van der Waals surface area contributed by atoms with E-state index in [0.717, 1.165) is 35.4 Å². The number of benzene rings is 1. The standard InChI is InChI=1S/C22H18ClF5N4O/c23-19-18(29-20-15(22(26,27)28)9-13(11-32(19)20)12-1-2-12)21(33)31-7-5-30(6-8-31)14-3-4-16(24)17(25)10-14/h3-4,9-12H,1-2,5-8H2. The lowest BCUT2D eigenvalue weighted by Gasteiger charge is -2.35. The van der Waals surface area contributed by atoms with E-state index in [4.69, 9.17) is 11.6 Å². The fraction of sp³-hybridized carbons (Fsp3) is 0.364. The van der Waals surface area contributed by atoms with Crippen LogP contribution in [0.4, 0.5) is 27.6 Å². The number of anilines is 1. The zero-order chi connectivity index (χ0) is 23.5. The highest BCUT2D eigenvalue weighted by Crippen LogP contribution is 2.43. The molecule has 0 N–H and O–H groups in total. The second-order valence-corrected chi connectivity index (χ2v) is 8.64. The SMILES string of the molecule is O=C(c1nc2c(C(F)(F)F)cc(C3CC3)cn2c1Cl)N1CCN(c2ccc(F)c(F)c2)CC1. The molecule has 0 spiro atoms. The molecule has 33 heavy (non-hydrogen) atoms. The molecule has 5 rings (SSSR count). The van der Waals surface area contributed by atoms with E-state index in [2.05, 4.69) is 4.98 Å². The van der Waals surface area contributed by atoms with Gasteiger partial charge in [0.05, 0.1) is 5.56 Å². The molecule has 0 atom stereocenters. The number of halogens is 6. The predicted molar refractivity (Wildman–Crippen MR) is 112 cm³/mol. The van der Waals surface area contributed by atoms with Crippen molar-refractivity contribution < 1.29 is 26.7 Å². The van der Waals surface area contributed by atoms with Crippen molar-refractivity contribution in [2.24, 2.45) is 0 Å². The number of aromatic nitrogens is 2. The quantitative estimate of drug-likeness (QED) is 0.484. The second-order valence-electron chi connectivity index (χ2n) is 8.28. The van der Waals surface area contributed by atoms with Gasteiger partial charge in [-0.1, -0.05) is 11.6 Å². The topological polar surface area (TPSA) is 40.9 Å². The molecule has 1 aliphatic carbocycles. The number of hydrogen-bond donors (Lipinski definition) is 0. The molecule has 174 valence electrons. The highest BCUT2D eigenvalue weighted by Gasteiger charge is 2.38. The summed E-state index contributed by atoms with van der Waals surface area (Å²) in [4.78, 5) is 20.3. The van der Waals surface area contributed by atoms with Crippen molar-refractivity contribution in [3.63, 3.8) is 0 Å². The Balaban J connectivity index is 1.41. The number of alkyl halides is 3. The molecule has 5 nitrogen and oxygen atoms in total.